The van der Waals surface area contributed by atoms with E-state index in [2.05, 4.69) is 37.2 Å². The number of hydrogen-bond acceptors (Lipinski definition) is 5. The molecule has 100 valence electrons. The normalized spacial score (nSPS) is 10.5. The quantitative estimate of drug-likeness (QED) is 0.387. The number of carbonyl (C=O) groups excluding carboxylic acids is 1. The summed E-state index contributed by atoms with van der Waals surface area (Å²) in [7, 11) is 0. The van der Waals surface area contributed by atoms with Crippen molar-refractivity contribution >= 4 is 17.7 Å². The summed E-state index contributed by atoms with van der Waals surface area (Å²) in [4.78, 5) is 12.4. The number of nitrogens with two attached hydrogens (primary N) is 1. The Morgan fingerprint density at radius 2 is 2.21 bits per heavy atom. The van der Waals surface area contributed by atoms with Gasteiger partial charge in [-0.1, -0.05) is 22.9 Å². The molecule has 0 aliphatic rings. The Hall–Kier alpha value is -1.79. The molecule has 1 amide bonds. The molecule has 3 N–H and O–H groups in total. The Bertz CT molecular complexity index is 595. The van der Waals surface area contributed by atoms with Gasteiger partial charge in [0.25, 0.3) is 5.91 Å². The van der Waals surface area contributed by atoms with Crippen molar-refractivity contribution in [3.63, 3.8) is 0 Å². The van der Waals surface area contributed by atoms with Crippen LogP contribution in [0.15, 0.2) is 33.7 Å². The van der Waals surface area contributed by atoms with Gasteiger partial charge in [0.05, 0.1) is 5.75 Å². The monoisotopic (exact) mass is 277 g/mol. The van der Waals surface area contributed by atoms with Gasteiger partial charge >= 0.3 is 0 Å². The third kappa shape index (κ3) is 3.36. The Balaban J connectivity index is 2.02. The van der Waals surface area contributed by atoms with Crippen molar-refractivity contribution in [3.05, 3.63) is 46.8 Å². The number of aromatic nitrogens is 1. The Labute approximate surface area is 115 Å². The number of hydrazine groups is 1. The lowest BCUT2D eigenvalue weighted by atomic mass is 10.2. The van der Waals surface area contributed by atoms with Crippen LogP contribution in [0.1, 0.15) is 27.4 Å². The molecule has 19 heavy (non-hydrogen) atoms. The highest BCUT2D eigenvalue weighted by atomic mass is 32.2. The average molecular weight is 277 g/mol. The minimum absolute atomic E-state index is 0.193. The van der Waals surface area contributed by atoms with Crippen molar-refractivity contribution in [3.8, 4) is 0 Å². The first-order valence-electron chi connectivity index (χ1n) is 5.76. The molecule has 0 atom stereocenters. The molecule has 2 aromatic rings. The Kier molecular flexibility index (Phi) is 4.24. The molecular formula is C13H15N3O2S. The number of amides is 1. The molecule has 0 saturated carbocycles. The number of hydrogen-bond donors (Lipinski definition) is 2. The smallest absolute Gasteiger partial charge is 0.287 e. The lowest BCUT2D eigenvalue weighted by Gasteiger charge is -2.04. The van der Waals surface area contributed by atoms with E-state index in [1.54, 1.807) is 17.8 Å². The molecule has 1 aromatic carbocycles. The summed E-state index contributed by atoms with van der Waals surface area (Å²) < 4.78 is 5.09. The number of thioether (sulfide) groups is 1. The van der Waals surface area contributed by atoms with Gasteiger partial charge < -0.3 is 4.52 Å². The highest BCUT2D eigenvalue weighted by Crippen LogP contribution is 2.26. The number of nitrogens with zero attached hydrogens (tertiary/aromatic N) is 1. The Morgan fingerprint density at radius 1 is 1.42 bits per heavy atom. The fraction of sp³-hybridized carbons (Fsp3) is 0.231. The zero-order chi connectivity index (χ0) is 13.8. The summed E-state index contributed by atoms with van der Waals surface area (Å²) in [6.07, 6.45) is 0. The lowest BCUT2D eigenvalue weighted by Crippen LogP contribution is -2.30. The van der Waals surface area contributed by atoms with Crippen LogP contribution in [-0.2, 0) is 5.75 Å². The van der Waals surface area contributed by atoms with Crippen LogP contribution in [-0.4, -0.2) is 11.1 Å². The van der Waals surface area contributed by atoms with Crippen molar-refractivity contribution in [2.45, 2.75) is 24.5 Å². The second-order valence-electron chi connectivity index (χ2n) is 4.21. The van der Waals surface area contributed by atoms with Crippen LogP contribution < -0.4 is 11.3 Å². The molecule has 0 fully saturated rings. The fourth-order valence-electron chi connectivity index (χ4n) is 1.67. The molecule has 2 rings (SSSR count). The Morgan fingerprint density at radius 3 is 2.89 bits per heavy atom. The van der Waals surface area contributed by atoms with Crippen LogP contribution in [0, 0.1) is 13.8 Å². The van der Waals surface area contributed by atoms with Gasteiger partial charge in [0, 0.05) is 11.0 Å². The topological polar surface area (TPSA) is 81.2 Å². The number of carbonyl (C=O) groups is 1. The zero-order valence-corrected chi connectivity index (χ0v) is 11.6. The first kappa shape index (κ1) is 13.6. The predicted octanol–water partition coefficient (Wildman–Crippen LogP) is 2.19. The second-order valence-corrected chi connectivity index (χ2v) is 5.23. The maximum atomic E-state index is 11.2. The number of benzene rings is 1. The maximum Gasteiger partial charge on any atom is 0.287 e. The van der Waals surface area contributed by atoms with E-state index in [0.29, 0.717) is 11.5 Å². The van der Waals surface area contributed by atoms with E-state index in [1.165, 1.54) is 16.0 Å². The minimum atomic E-state index is -0.452. The van der Waals surface area contributed by atoms with Gasteiger partial charge in [-0.2, -0.15) is 0 Å². The predicted molar refractivity (Wildman–Crippen MR) is 73.6 cm³/mol. The number of nitrogens with one attached hydrogen (secondary N) is 1. The summed E-state index contributed by atoms with van der Waals surface area (Å²) in [6.45, 7) is 4.14. The number of aryl methyl sites for hydroxylation is 2. The van der Waals surface area contributed by atoms with E-state index in [1.807, 2.05) is 5.43 Å². The molecule has 0 radical (unpaired) electrons. The molecule has 0 aliphatic heterocycles. The highest BCUT2D eigenvalue weighted by molar-refractivity contribution is 7.98. The average Bonchev–Trinajstić information content (AvgIpc) is 2.85. The van der Waals surface area contributed by atoms with E-state index >= 15 is 0 Å². The molecule has 0 saturated heterocycles. The third-order valence-electron chi connectivity index (χ3n) is 2.62. The number of nitrogen functional groups attached to an aromatic ring is 1. The van der Waals surface area contributed by atoms with Crippen molar-refractivity contribution in [2.24, 2.45) is 5.84 Å². The lowest BCUT2D eigenvalue weighted by molar-refractivity contribution is 0.0944. The van der Waals surface area contributed by atoms with Crippen LogP contribution in [0.2, 0.25) is 0 Å². The molecule has 0 spiro atoms. The number of rotatable bonds is 4. The van der Waals surface area contributed by atoms with Gasteiger partial charge in [-0.3, -0.25) is 10.2 Å². The van der Waals surface area contributed by atoms with Crippen molar-refractivity contribution < 1.29 is 9.32 Å². The van der Waals surface area contributed by atoms with Gasteiger partial charge in [-0.05, 0) is 25.5 Å². The van der Waals surface area contributed by atoms with Crippen LogP contribution in [0.3, 0.4) is 0 Å². The molecule has 6 heteroatoms. The fourth-order valence-corrected chi connectivity index (χ4v) is 2.56. The standard InChI is InChI=1S/C13H15N3O2S/c1-8-3-4-12(9(2)5-8)19-7-10-6-11(16-18-10)13(17)15-14/h3-6H,7,14H2,1-2H3,(H,15,17). The van der Waals surface area contributed by atoms with Crippen LogP contribution in [0.5, 0.6) is 0 Å². The van der Waals surface area contributed by atoms with Gasteiger partial charge in [-0.25, -0.2) is 5.84 Å². The van der Waals surface area contributed by atoms with Crippen LogP contribution in [0.4, 0.5) is 0 Å². The summed E-state index contributed by atoms with van der Waals surface area (Å²) >= 11 is 1.64. The molecule has 0 bridgehead atoms. The largest absolute Gasteiger partial charge is 0.360 e. The van der Waals surface area contributed by atoms with Gasteiger partial charge in [0.1, 0.15) is 5.76 Å². The second kappa shape index (κ2) is 5.90. The molecule has 1 heterocycles. The molecule has 0 aliphatic carbocycles. The third-order valence-corrected chi connectivity index (χ3v) is 3.82. The van der Waals surface area contributed by atoms with E-state index in [4.69, 9.17) is 10.4 Å². The summed E-state index contributed by atoms with van der Waals surface area (Å²) in [5.74, 6) is 5.84. The summed E-state index contributed by atoms with van der Waals surface area (Å²) in [5, 5.41) is 3.66. The van der Waals surface area contributed by atoms with Crippen molar-refractivity contribution in [1.29, 1.82) is 0 Å². The van der Waals surface area contributed by atoms with E-state index in [0.717, 1.165) is 0 Å². The minimum Gasteiger partial charge on any atom is -0.360 e. The van der Waals surface area contributed by atoms with Crippen molar-refractivity contribution in [1.82, 2.24) is 10.6 Å². The molecule has 5 nitrogen and oxygen atoms in total. The first-order valence-corrected chi connectivity index (χ1v) is 6.75. The molecule has 0 unspecified atom stereocenters. The highest BCUT2D eigenvalue weighted by Gasteiger charge is 2.11. The summed E-state index contributed by atoms with van der Waals surface area (Å²) in [6, 6.07) is 7.89. The van der Waals surface area contributed by atoms with E-state index < -0.39 is 5.91 Å². The van der Waals surface area contributed by atoms with Crippen molar-refractivity contribution in [2.75, 3.05) is 0 Å². The molecular weight excluding hydrogens is 262 g/mol. The maximum absolute atomic E-state index is 11.2. The van der Waals surface area contributed by atoms with Gasteiger partial charge in [0.2, 0.25) is 0 Å². The van der Waals surface area contributed by atoms with E-state index in [-0.39, 0.29) is 5.69 Å². The van der Waals surface area contributed by atoms with Crippen LogP contribution in [0.25, 0.3) is 0 Å². The summed E-state index contributed by atoms with van der Waals surface area (Å²) in [5.41, 5.74) is 4.67. The zero-order valence-electron chi connectivity index (χ0n) is 10.8. The van der Waals surface area contributed by atoms with E-state index in [9.17, 15) is 4.79 Å². The first-order chi connectivity index (χ1) is 9.10. The SMILES string of the molecule is Cc1ccc(SCc2cc(C(=O)NN)no2)c(C)c1. The van der Waals surface area contributed by atoms with Gasteiger partial charge in [-0.15, -0.1) is 11.8 Å². The van der Waals surface area contributed by atoms with Crippen LogP contribution >= 0.6 is 11.8 Å². The van der Waals surface area contributed by atoms with Gasteiger partial charge in [0.15, 0.2) is 5.69 Å². The molecule has 1 aromatic heterocycles.